The number of carbonyl (C=O) groups is 1. The molecule has 0 fully saturated rings. The van der Waals surface area contributed by atoms with E-state index in [-0.39, 0.29) is 5.91 Å². The van der Waals surface area contributed by atoms with Crippen LogP contribution in [0.5, 0.6) is 0 Å². The number of aromatic nitrogens is 3. The molecule has 0 aliphatic carbocycles. The van der Waals surface area contributed by atoms with E-state index >= 15 is 0 Å². The highest BCUT2D eigenvalue weighted by molar-refractivity contribution is 9.10. The highest BCUT2D eigenvalue weighted by atomic mass is 79.9. The lowest BCUT2D eigenvalue weighted by Gasteiger charge is -2.04. The van der Waals surface area contributed by atoms with Crippen molar-refractivity contribution < 1.29 is 4.79 Å². The number of rotatable bonds is 4. The summed E-state index contributed by atoms with van der Waals surface area (Å²) in [5, 5.41) is 8.01. The summed E-state index contributed by atoms with van der Waals surface area (Å²) >= 11 is 4.97. The van der Waals surface area contributed by atoms with Gasteiger partial charge in [0.05, 0.1) is 22.6 Å². The van der Waals surface area contributed by atoms with Gasteiger partial charge in [0.2, 0.25) is 0 Å². The average molecular weight is 389 g/mol. The molecule has 5 nitrogen and oxygen atoms in total. The molecule has 0 aliphatic heterocycles. The molecular weight excluding hydrogens is 376 g/mol. The van der Waals surface area contributed by atoms with Crippen LogP contribution in [0.15, 0.2) is 64.4 Å². The van der Waals surface area contributed by atoms with Crippen LogP contribution in [-0.2, 0) is 0 Å². The Morgan fingerprint density at radius 1 is 1.26 bits per heavy atom. The number of hydrogen-bond acceptors (Lipinski definition) is 4. The van der Waals surface area contributed by atoms with Crippen molar-refractivity contribution in [3.63, 3.8) is 0 Å². The summed E-state index contributed by atoms with van der Waals surface area (Å²) in [6.07, 6.45) is 5.34. The number of carbonyl (C=O) groups excluding carboxylic acids is 1. The standard InChI is InChI=1S/C16H13BrN4OS/c1-23-15-6-5-12(10-18-15)19-16(22)14-7-8-21(20-14)13-4-2-3-11(17)9-13/h2-10H,1H3,(H,19,22). The van der Waals surface area contributed by atoms with Gasteiger partial charge in [0.1, 0.15) is 0 Å². The van der Waals surface area contributed by atoms with Gasteiger partial charge in [0.25, 0.3) is 5.91 Å². The number of nitrogens with one attached hydrogen (secondary N) is 1. The molecule has 2 heterocycles. The fraction of sp³-hybridized carbons (Fsp3) is 0.0625. The average Bonchev–Trinajstić information content (AvgIpc) is 3.06. The van der Waals surface area contributed by atoms with Crippen molar-refractivity contribution in [3.8, 4) is 5.69 Å². The number of amides is 1. The highest BCUT2D eigenvalue weighted by Gasteiger charge is 2.11. The summed E-state index contributed by atoms with van der Waals surface area (Å²) in [7, 11) is 0. The lowest BCUT2D eigenvalue weighted by Crippen LogP contribution is -2.13. The molecule has 116 valence electrons. The topological polar surface area (TPSA) is 59.8 Å². The van der Waals surface area contributed by atoms with Gasteiger partial charge in [-0.25, -0.2) is 9.67 Å². The molecule has 0 aliphatic rings. The van der Waals surface area contributed by atoms with Crippen LogP contribution >= 0.6 is 27.7 Å². The van der Waals surface area contributed by atoms with Gasteiger partial charge in [0.15, 0.2) is 5.69 Å². The number of halogens is 1. The molecule has 3 aromatic rings. The second-order valence-corrected chi connectivity index (χ2v) is 6.41. The largest absolute Gasteiger partial charge is 0.319 e. The van der Waals surface area contributed by atoms with E-state index in [1.807, 2.05) is 42.7 Å². The molecule has 7 heteroatoms. The van der Waals surface area contributed by atoms with E-state index in [1.165, 1.54) is 0 Å². The quantitative estimate of drug-likeness (QED) is 0.686. The summed E-state index contributed by atoms with van der Waals surface area (Å²) < 4.78 is 2.62. The second kappa shape index (κ2) is 6.97. The Hall–Kier alpha value is -2.12. The Kier molecular flexibility index (Phi) is 4.78. The number of nitrogens with zero attached hydrogens (tertiary/aromatic N) is 3. The zero-order valence-corrected chi connectivity index (χ0v) is 14.6. The minimum Gasteiger partial charge on any atom is -0.319 e. The SMILES string of the molecule is CSc1ccc(NC(=O)c2ccn(-c3cccc(Br)c3)n2)cn1. The highest BCUT2D eigenvalue weighted by Crippen LogP contribution is 2.16. The van der Waals surface area contributed by atoms with Gasteiger partial charge < -0.3 is 5.32 Å². The van der Waals surface area contributed by atoms with Crippen LogP contribution in [0.3, 0.4) is 0 Å². The van der Waals surface area contributed by atoms with Crippen LogP contribution in [0.1, 0.15) is 10.5 Å². The first-order valence-corrected chi connectivity index (χ1v) is 8.80. The van der Waals surface area contributed by atoms with Crippen LogP contribution in [0.4, 0.5) is 5.69 Å². The van der Waals surface area contributed by atoms with E-state index in [9.17, 15) is 4.79 Å². The normalized spacial score (nSPS) is 10.5. The first-order valence-electron chi connectivity index (χ1n) is 6.79. The molecule has 1 amide bonds. The minimum atomic E-state index is -0.266. The predicted molar refractivity (Wildman–Crippen MR) is 95.2 cm³/mol. The van der Waals surface area contributed by atoms with Crippen LogP contribution in [0, 0.1) is 0 Å². The summed E-state index contributed by atoms with van der Waals surface area (Å²) in [6.45, 7) is 0. The van der Waals surface area contributed by atoms with E-state index in [4.69, 9.17) is 0 Å². The third-order valence-corrected chi connectivity index (χ3v) is 4.25. The maximum atomic E-state index is 12.3. The fourth-order valence-corrected chi connectivity index (χ4v) is 2.73. The predicted octanol–water partition coefficient (Wildman–Crippen LogP) is 4.00. The zero-order valence-electron chi connectivity index (χ0n) is 12.2. The van der Waals surface area contributed by atoms with Crippen molar-refractivity contribution in [2.24, 2.45) is 0 Å². The second-order valence-electron chi connectivity index (χ2n) is 4.67. The number of benzene rings is 1. The van der Waals surface area contributed by atoms with E-state index in [2.05, 4.69) is 31.3 Å². The fourth-order valence-electron chi connectivity index (χ4n) is 1.98. The van der Waals surface area contributed by atoms with E-state index in [0.717, 1.165) is 15.2 Å². The Bertz CT molecular complexity index is 832. The van der Waals surface area contributed by atoms with Crippen molar-refractivity contribution in [1.82, 2.24) is 14.8 Å². The first kappa shape index (κ1) is 15.8. The molecule has 1 aromatic carbocycles. The molecule has 1 N–H and O–H groups in total. The third kappa shape index (κ3) is 3.80. The summed E-state index contributed by atoms with van der Waals surface area (Å²) in [5.41, 5.74) is 1.87. The van der Waals surface area contributed by atoms with Gasteiger partial charge in [-0.15, -0.1) is 11.8 Å². The molecule has 23 heavy (non-hydrogen) atoms. The first-order chi connectivity index (χ1) is 11.2. The molecule has 0 saturated heterocycles. The molecular formula is C16H13BrN4OS. The van der Waals surface area contributed by atoms with Crippen molar-refractivity contribution in [2.45, 2.75) is 5.03 Å². The van der Waals surface area contributed by atoms with Gasteiger partial charge in [-0.2, -0.15) is 5.10 Å². The molecule has 0 spiro atoms. The Morgan fingerprint density at radius 3 is 2.83 bits per heavy atom. The molecule has 0 atom stereocenters. The van der Waals surface area contributed by atoms with Crippen LogP contribution in [0.2, 0.25) is 0 Å². The number of hydrogen-bond donors (Lipinski definition) is 1. The van der Waals surface area contributed by atoms with Crippen LogP contribution in [-0.4, -0.2) is 26.9 Å². The molecule has 0 radical (unpaired) electrons. The summed E-state index contributed by atoms with van der Waals surface area (Å²) in [4.78, 5) is 16.5. The Balaban J connectivity index is 1.75. The number of anilines is 1. The Labute approximate surface area is 146 Å². The van der Waals surface area contributed by atoms with E-state index in [0.29, 0.717) is 11.4 Å². The Morgan fingerprint density at radius 2 is 2.13 bits per heavy atom. The lowest BCUT2D eigenvalue weighted by atomic mass is 10.3. The summed E-state index contributed by atoms with van der Waals surface area (Å²) in [6, 6.07) is 13.1. The molecule has 3 rings (SSSR count). The molecule has 0 saturated carbocycles. The molecule has 2 aromatic heterocycles. The monoisotopic (exact) mass is 388 g/mol. The molecule has 0 bridgehead atoms. The third-order valence-electron chi connectivity index (χ3n) is 3.10. The smallest absolute Gasteiger partial charge is 0.276 e. The zero-order chi connectivity index (χ0) is 16.2. The van der Waals surface area contributed by atoms with Crippen molar-refractivity contribution in [2.75, 3.05) is 11.6 Å². The summed E-state index contributed by atoms with van der Waals surface area (Å²) in [5.74, 6) is -0.266. The van der Waals surface area contributed by atoms with E-state index in [1.54, 1.807) is 34.9 Å². The maximum Gasteiger partial charge on any atom is 0.276 e. The van der Waals surface area contributed by atoms with Gasteiger partial charge in [-0.1, -0.05) is 22.0 Å². The molecule has 0 unspecified atom stereocenters. The number of thioether (sulfide) groups is 1. The van der Waals surface area contributed by atoms with Crippen LogP contribution < -0.4 is 5.32 Å². The maximum absolute atomic E-state index is 12.3. The lowest BCUT2D eigenvalue weighted by molar-refractivity contribution is 0.102. The van der Waals surface area contributed by atoms with Gasteiger partial charge in [0, 0.05) is 10.7 Å². The van der Waals surface area contributed by atoms with Crippen molar-refractivity contribution >= 4 is 39.3 Å². The van der Waals surface area contributed by atoms with Gasteiger partial charge >= 0.3 is 0 Å². The van der Waals surface area contributed by atoms with Crippen molar-refractivity contribution in [3.05, 3.63) is 65.0 Å². The van der Waals surface area contributed by atoms with Gasteiger partial charge in [-0.3, -0.25) is 4.79 Å². The number of pyridine rings is 1. The van der Waals surface area contributed by atoms with E-state index < -0.39 is 0 Å². The van der Waals surface area contributed by atoms with Gasteiger partial charge in [-0.05, 0) is 42.7 Å². The van der Waals surface area contributed by atoms with Crippen LogP contribution in [0.25, 0.3) is 5.69 Å². The van der Waals surface area contributed by atoms with Crippen molar-refractivity contribution in [1.29, 1.82) is 0 Å². The minimum absolute atomic E-state index is 0.266.